The van der Waals surface area contributed by atoms with Crippen LogP contribution in [0, 0.1) is 11.3 Å². The molecule has 25 heavy (non-hydrogen) atoms. The van der Waals surface area contributed by atoms with Gasteiger partial charge in [0.15, 0.2) is 5.82 Å². The second kappa shape index (κ2) is 7.20. The summed E-state index contributed by atoms with van der Waals surface area (Å²) in [6, 6.07) is 15.6. The van der Waals surface area contributed by atoms with Crippen LogP contribution in [0.2, 0.25) is 0 Å². The number of ether oxygens (including phenoxy) is 1. The molecular weight excluding hydrogens is 384 g/mol. The van der Waals surface area contributed by atoms with Gasteiger partial charge in [0, 0.05) is 29.3 Å². The smallest absolute Gasteiger partial charge is 0.257 e. The average Bonchev–Trinajstić information content (AvgIpc) is 3.00. The maximum absolute atomic E-state index is 12.4. The van der Waals surface area contributed by atoms with Gasteiger partial charge >= 0.3 is 0 Å². The van der Waals surface area contributed by atoms with Gasteiger partial charge in [-0.3, -0.25) is 9.48 Å². The number of anilines is 1. The number of hydrogen-bond acceptors (Lipinski definition) is 4. The van der Waals surface area contributed by atoms with Crippen molar-refractivity contribution in [2.45, 2.75) is 0 Å². The third kappa shape index (κ3) is 4.25. The molecule has 0 unspecified atom stereocenters. The lowest BCUT2D eigenvalue weighted by Crippen LogP contribution is -2.12. The van der Waals surface area contributed by atoms with Gasteiger partial charge in [0.1, 0.15) is 11.5 Å². The topological polar surface area (TPSA) is 79.9 Å². The minimum atomic E-state index is -0.287. The summed E-state index contributed by atoms with van der Waals surface area (Å²) in [7, 11) is 1.78. The molecule has 1 heterocycles. The van der Waals surface area contributed by atoms with Gasteiger partial charge in [0.25, 0.3) is 5.91 Å². The normalized spacial score (nSPS) is 10.1. The molecule has 3 rings (SSSR count). The fourth-order valence-electron chi connectivity index (χ4n) is 2.16. The molecule has 0 radical (unpaired) electrons. The molecular formula is C18H13BrN4O2. The van der Waals surface area contributed by atoms with Crippen LogP contribution in [0.1, 0.15) is 15.9 Å². The van der Waals surface area contributed by atoms with Crippen molar-refractivity contribution in [1.82, 2.24) is 9.78 Å². The van der Waals surface area contributed by atoms with Gasteiger partial charge in [-0.05, 0) is 42.5 Å². The predicted octanol–water partition coefficient (Wildman–Crippen LogP) is 4.10. The molecule has 0 bridgehead atoms. The van der Waals surface area contributed by atoms with Crippen LogP contribution < -0.4 is 10.1 Å². The molecule has 0 aliphatic carbocycles. The first-order valence-corrected chi connectivity index (χ1v) is 8.12. The van der Waals surface area contributed by atoms with Crippen molar-refractivity contribution >= 4 is 27.7 Å². The van der Waals surface area contributed by atoms with E-state index in [9.17, 15) is 4.79 Å². The molecule has 1 amide bonds. The number of nitrogens with zero attached hydrogens (tertiary/aromatic N) is 3. The van der Waals surface area contributed by atoms with Crippen molar-refractivity contribution in [2.75, 3.05) is 5.32 Å². The van der Waals surface area contributed by atoms with E-state index in [1.54, 1.807) is 66.5 Å². The third-order valence-electron chi connectivity index (χ3n) is 3.31. The number of carbonyl (C=O) groups is 1. The molecule has 1 aromatic heterocycles. The van der Waals surface area contributed by atoms with Gasteiger partial charge in [-0.15, -0.1) is 0 Å². The largest absolute Gasteiger partial charge is 0.457 e. The monoisotopic (exact) mass is 396 g/mol. The molecule has 0 fully saturated rings. The molecule has 124 valence electrons. The Hall–Kier alpha value is -3.11. The van der Waals surface area contributed by atoms with Crippen molar-refractivity contribution in [3.8, 4) is 17.6 Å². The molecule has 3 aromatic rings. The first-order valence-electron chi connectivity index (χ1n) is 7.33. The average molecular weight is 397 g/mol. The zero-order chi connectivity index (χ0) is 17.8. The zero-order valence-electron chi connectivity index (χ0n) is 13.2. The summed E-state index contributed by atoms with van der Waals surface area (Å²) in [5.41, 5.74) is 0.987. The van der Waals surface area contributed by atoms with Gasteiger partial charge in [0.05, 0.1) is 11.6 Å². The number of halogens is 1. The first-order chi connectivity index (χ1) is 12.0. The molecule has 0 aliphatic heterocycles. The standard InChI is InChI=1S/C18H13BrN4O2/c1-23-7-6-17(22-23)21-18(24)13-8-14(19)10-16(9-13)25-15-4-2-12(11-20)3-5-15/h2-10H,1H3,(H,21,22,24). The van der Waals surface area contributed by atoms with Crippen LogP contribution in [-0.4, -0.2) is 15.7 Å². The molecule has 0 aliphatic rings. The van der Waals surface area contributed by atoms with Crippen LogP contribution in [0.4, 0.5) is 5.82 Å². The van der Waals surface area contributed by atoms with E-state index >= 15 is 0 Å². The Morgan fingerprint density at radius 2 is 1.96 bits per heavy atom. The fourth-order valence-corrected chi connectivity index (χ4v) is 2.63. The number of carbonyl (C=O) groups excluding carboxylic acids is 1. The van der Waals surface area contributed by atoms with Crippen molar-refractivity contribution < 1.29 is 9.53 Å². The van der Waals surface area contributed by atoms with Crippen molar-refractivity contribution in [3.05, 3.63) is 70.3 Å². The lowest BCUT2D eigenvalue weighted by Gasteiger charge is -2.09. The van der Waals surface area contributed by atoms with E-state index < -0.39 is 0 Å². The number of benzene rings is 2. The molecule has 0 saturated heterocycles. The summed E-state index contributed by atoms with van der Waals surface area (Å²) < 4.78 is 8.08. The molecule has 2 aromatic carbocycles. The van der Waals surface area contributed by atoms with E-state index in [0.717, 1.165) is 0 Å². The lowest BCUT2D eigenvalue weighted by atomic mass is 10.2. The highest BCUT2D eigenvalue weighted by Gasteiger charge is 2.11. The summed E-state index contributed by atoms with van der Waals surface area (Å²) in [6.45, 7) is 0. The maximum atomic E-state index is 12.4. The van der Waals surface area contributed by atoms with Gasteiger partial charge in [0.2, 0.25) is 0 Å². The molecule has 6 nitrogen and oxygen atoms in total. The highest BCUT2D eigenvalue weighted by molar-refractivity contribution is 9.10. The van der Waals surface area contributed by atoms with E-state index in [0.29, 0.717) is 32.9 Å². The highest BCUT2D eigenvalue weighted by atomic mass is 79.9. The van der Waals surface area contributed by atoms with Crippen LogP contribution >= 0.6 is 15.9 Å². The van der Waals surface area contributed by atoms with E-state index in [1.165, 1.54) is 0 Å². The number of aromatic nitrogens is 2. The number of nitrogens with one attached hydrogen (secondary N) is 1. The lowest BCUT2D eigenvalue weighted by molar-refractivity contribution is 0.102. The van der Waals surface area contributed by atoms with Crippen molar-refractivity contribution in [2.24, 2.45) is 7.05 Å². The quantitative estimate of drug-likeness (QED) is 0.719. The van der Waals surface area contributed by atoms with Crippen LogP contribution in [0.5, 0.6) is 11.5 Å². The van der Waals surface area contributed by atoms with Gasteiger partial charge in [-0.1, -0.05) is 15.9 Å². The highest BCUT2D eigenvalue weighted by Crippen LogP contribution is 2.27. The SMILES string of the molecule is Cn1ccc(NC(=O)c2cc(Br)cc(Oc3ccc(C#N)cc3)c2)n1. The minimum Gasteiger partial charge on any atom is -0.457 e. The number of amides is 1. The second-order valence-electron chi connectivity index (χ2n) is 5.24. The number of hydrogen-bond donors (Lipinski definition) is 1. The molecule has 0 saturated carbocycles. The Bertz CT molecular complexity index is 958. The summed E-state index contributed by atoms with van der Waals surface area (Å²) in [4.78, 5) is 12.4. The van der Waals surface area contributed by atoms with Crippen LogP contribution in [0.25, 0.3) is 0 Å². The van der Waals surface area contributed by atoms with Gasteiger partial charge < -0.3 is 10.1 Å². The Morgan fingerprint density at radius 3 is 2.60 bits per heavy atom. The van der Waals surface area contributed by atoms with E-state index in [1.807, 2.05) is 0 Å². The second-order valence-corrected chi connectivity index (χ2v) is 6.16. The number of aryl methyl sites for hydroxylation is 1. The molecule has 7 heteroatoms. The van der Waals surface area contributed by atoms with Crippen LogP contribution in [-0.2, 0) is 7.05 Å². The fraction of sp³-hybridized carbons (Fsp3) is 0.0556. The number of nitriles is 1. The Balaban J connectivity index is 1.79. The zero-order valence-corrected chi connectivity index (χ0v) is 14.8. The van der Waals surface area contributed by atoms with Crippen molar-refractivity contribution in [1.29, 1.82) is 5.26 Å². The molecule has 1 N–H and O–H groups in total. The molecule has 0 spiro atoms. The summed E-state index contributed by atoms with van der Waals surface area (Å²) in [5.74, 6) is 1.27. The Kier molecular flexibility index (Phi) is 4.82. The Labute approximate surface area is 152 Å². The maximum Gasteiger partial charge on any atom is 0.257 e. The van der Waals surface area contributed by atoms with E-state index in [2.05, 4.69) is 32.4 Å². The summed E-state index contributed by atoms with van der Waals surface area (Å²) in [6.07, 6.45) is 1.75. The van der Waals surface area contributed by atoms with Crippen LogP contribution in [0.3, 0.4) is 0 Å². The summed E-state index contributed by atoms with van der Waals surface area (Å²) >= 11 is 3.38. The third-order valence-corrected chi connectivity index (χ3v) is 3.77. The van der Waals surface area contributed by atoms with Gasteiger partial charge in [-0.25, -0.2) is 0 Å². The summed E-state index contributed by atoms with van der Waals surface area (Å²) in [5, 5.41) is 15.7. The minimum absolute atomic E-state index is 0.287. The van der Waals surface area contributed by atoms with E-state index in [-0.39, 0.29) is 5.91 Å². The first kappa shape index (κ1) is 16.7. The van der Waals surface area contributed by atoms with Gasteiger partial charge in [-0.2, -0.15) is 10.4 Å². The Morgan fingerprint density at radius 1 is 1.20 bits per heavy atom. The van der Waals surface area contributed by atoms with E-state index in [4.69, 9.17) is 10.00 Å². The number of rotatable bonds is 4. The van der Waals surface area contributed by atoms with Crippen molar-refractivity contribution in [3.63, 3.8) is 0 Å². The van der Waals surface area contributed by atoms with Crippen LogP contribution in [0.15, 0.2) is 59.2 Å². The predicted molar refractivity (Wildman–Crippen MR) is 96.5 cm³/mol. The molecule has 0 atom stereocenters.